The lowest BCUT2D eigenvalue weighted by Crippen LogP contribution is -2.38. The van der Waals surface area contributed by atoms with Crippen LogP contribution in [0.2, 0.25) is 0 Å². The third kappa shape index (κ3) is 6.06. The van der Waals surface area contributed by atoms with Gasteiger partial charge in [-0.15, -0.1) is 0 Å². The molecule has 20 heavy (non-hydrogen) atoms. The number of nitrogens with zero attached hydrogens (tertiary/aromatic N) is 1. The number of amides is 1. The highest BCUT2D eigenvalue weighted by Crippen LogP contribution is 2.11. The van der Waals surface area contributed by atoms with Crippen molar-refractivity contribution in [1.82, 2.24) is 10.2 Å². The minimum Gasteiger partial charge on any atom is -0.444 e. The van der Waals surface area contributed by atoms with Crippen molar-refractivity contribution < 1.29 is 9.53 Å². The van der Waals surface area contributed by atoms with E-state index in [9.17, 15) is 4.79 Å². The fraction of sp³-hybridized carbons (Fsp3) is 0.562. The molecule has 1 unspecified atom stereocenters. The normalized spacial score (nSPS) is 12.8. The molecule has 0 aliphatic heterocycles. The number of benzene rings is 1. The zero-order valence-corrected chi connectivity index (χ0v) is 13.1. The maximum absolute atomic E-state index is 11.8. The van der Waals surface area contributed by atoms with Gasteiger partial charge in [-0.3, -0.25) is 0 Å². The summed E-state index contributed by atoms with van der Waals surface area (Å²) in [6.07, 6.45) is -0.285. The van der Waals surface area contributed by atoms with Crippen LogP contribution >= 0.6 is 0 Å². The predicted molar refractivity (Wildman–Crippen MR) is 81.7 cm³/mol. The van der Waals surface area contributed by atoms with Crippen LogP contribution in [0, 0.1) is 0 Å². The lowest BCUT2D eigenvalue weighted by atomic mass is 10.1. The molecular formula is C16H26N2O2. The summed E-state index contributed by atoms with van der Waals surface area (Å²) in [6.45, 7) is 9.07. The molecule has 0 aliphatic rings. The maximum Gasteiger partial charge on any atom is 0.410 e. The van der Waals surface area contributed by atoms with Gasteiger partial charge >= 0.3 is 6.09 Å². The Morgan fingerprint density at radius 1 is 1.30 bits per heavy atom. The number of hydrogen-bond acceptors (Lipinski definition) is 3. The van der Waals surface area contributed by atoms with Crippen LogP contribution in [0.1, 0.15) is 39.3 Å². The molecule has 0 aliphatic carbocycles. The number of likely N-dealkylation sites (N-methyl/N-ethyl adjacent to an activating group) is 1. The van der Waals surface area contributed by atoms with Crippen molar-refractivity contribution in [1.29, 1.82) is 0 Å². The summed E-state index contributed by atoms with van der Waals surface area (Å²) in [5, 5.41) is 3.40. The lowest BCUT2D eigenvalue weighted by molar-refractivity contribution is 0.0299. The second-order valence-electron chi connectivity index (χ2n) is 5.99. The van der Waals surface area contributed by atoms with E-state index in [4.69, 9.17) is 4.74 Å². The quantitative estimate of drug-likeness (QED) is 0.899. The van der Waals surface area contributed by atoms with Gasteiger partial charge in [0.15, 0.2) is 0 Å². The van der Waals surface area contributed by atoms with Gasteiger partial charge in [0.25, 0.3) is 0 Å². The minimum absolute atomic E-state index is 0.267. The van der Waals surface area contributed by atoms with E-state index in [1.54, 1.807) is 11.9 Å². The number of carbonyl (C=O) groups is 1. The Kier molecular flexibility index (Phi) is 6.02. The molecule has 1 aromatic carbocycles. The monoisotopic (exact) mass is 278 g/mol. The van der Waals surface area contributed by atoms with E-state index < -0.39 is 5.60 Å². The van der Waals surface area contributed by atoms with Crippen LogP contribution in [0.25, 0.3) is 0 Å². The molecule has 1 aromatic rings. The summed E-state index contributed by atoms with van der Waals surface area (Å²) in [5.41, 5.74) is 0.795. The Morgan fingerprint density at radius 2 is 1.90 bits per heavy atom. The fourth-order valence-electron chi connectivity index (χ4n) is 1.74. The van der Waals surface area contributed by atoms with Crippen molar-refractivity contribution >= 4 is 6.09 Å². The number of nitrogens with one attached hydrogen (secondary N) is 1. The Hall–Kier alpha value is -1.55. The van der Waals surface area contributed by atoms with E-state index >= 15 is 0 Å². The number of carbonyl (C=O) groups excluding carboxylic acids is 1. The first-order valence-corrected chi connectivity index (χ1v) is 7.02. The fourth-order valence-corrected chi connectivity index (χ4v) is 1.74. The summed E-state index contributed by atoms with van der Waals surface area (Å²) < 4.78 is 5.30. The first kappa shape index (κ1) is 16.5. The summed E-state index contributed by atoms with van der Waals surface area (Å²) in [4.78, 5) is 13.4. The van der Waals surface area contributed by atoms with Crippen LogP contribution in [0.4, 0.5) is 4.79 Å². The van der Waals surface area contributed by atoms with E-state index in [0.29, 0.717) is 6.54 Å². The van der Waals surface area contributed by atoms with Crippen LogP contribution in [0.3, 0.4) is 0 Å². The zero-order chi connectivity index (χ0) is 15.2. The molecule has 0 saturated heterocycles. The van der Waals surface area contributed by atoms with Gasteiger partial charge in [-0.25, -0.2) is 4.79 Å². The zero-order valence-electron chi connectivity index (χ0n) is 13.1. The maximum atomic E-state index is 11.8. The predicted octanol–water partition coefficient (Wildman–Crippen LogP) is 3.20. The molecule has 0 radical (unpaired) electrons. The van der Waals surface area contributed by atoms with E-state index in [-0.39, 0.29) is 12.1 Å². The van der Waals surface area contributed by atoms with Crippen LogP contribution in [-0.4, -0.2) is 36.7 Å². The highest BCUT2D eigenvalue weighted by atomic mass is 16.6. The minimum atomic E-state index is -0.448. The Morgan fingerprint density at radius 3 is 2.45 bits per heavy atom. The van der Waals surface area contributed by atoms with Gasteiger partial charge in [0, 0.05) is 26.2 Å². The highest BCUT2D eigenvalue weighted by molar-refractivity contribution is 5.67. The third-order valence-corrected chi connectivity index (χ3v) is 2.90. The highest BCUT2D eigenvalue weighted by Gasteiger charge is 2.19. The first-order valence-electron chi connectivity index (χ1n) is 7.02. The molecule has 0 bridgehead atoms. The van der Waals surface area contributed by atoms with Crippen LogP contribution in [-0.2, 0) is 4.74 Å². The number of rotatable bonds is 5. The topological polar surface area (TPSA) is 41.6 Å². The molecule has 4 heteroatoms. The molecular weight excluding hydrogens is 252 g/mol. The molecule has 4 nitrogen and oxygen atoms in total. The average molecular weight is 278 g/mol. The Bertz CT molecular complexity index is 412. The number of hydrogen-bond donors (Lipinski definition) is 1. The summed E-state index contributed by atoms with van der Waals surface area (Å²) in [5.74, 6) is 0. The van der Waals surface area contributed by atoms with Crippen molar-refractivity contribution in [2.45, 2.75) is 39.3 Å². The second-order valence-corrected chi connectivity index (χ2v) is 5.99. The van der Waals surface area contributed by atoms with Crippen molar-refractivity contribution in [2.75, 3.05) is 20.1 Å². The molecule has 0 spiro atoms. The van der Waals surface area contributed by atoms with E-state index in [1.165, 1.54) is 5.56 Å². The largest absolute Gasteiger partial charge is 0.444 e. The lowest BCUT2D eigenvalue weighted by Gasteiger charge is -2.25. The molecule has 112 valence electrons. The molecule has 1 atom stereocenters. The summed E-state index contributed by atoms with van der Waals surface area (Å²) >= 11 is 0. The standard InChI is InChI=1S/C16H26N2O2/c1-13(14-9-7-6-8-10-14)17-11-12-18(5)15(19)20-16(2,3)4/h6-10,13,17H,11-12H2,1-5H3. The third-order valence-electron chi connectivity index (χ3n) is 2.90. The average Bonchev–Trinajstić information content (AvgIpc) is 2.37. The molecule has 0 saturated carbocycles. The molecule has 1 rings (SSSR count). The van der Waals surface area contributed by atoms with E-state index in [2.05, 4.69) is 24.4 Å². The molecule has 0 fully saturated rings. The van der Waals surface area contributed by atoms with Gasteiger partial charge in [0.2, 0.25) is 0 Å². The van der Waals surface area contributed by atoms with Gasteiger partial charge in [0.1, 0.15) is 5.60 Å². The summed E-state index contributed by atoms with van der Waals surface area (Å²) in [6, 6.07) is 10.5. The Balaban J connectivity index is 2.32. The van der Waals surface area contributed by atoms with E-state index in [1.807, 2.05) is 39.0 Å². The van der Waals surface area contributed by atoms with Crippen LogP contribution in [0.5, 0.6) is 0 Å². The SMILES string of the molecule is CC(NCCN(C)C(=O)OC(C)(C)C)c1ccccc1. The van der Waals surface area contributed by atoms with Gasteiger partial charge in [0.05, 0.1) is 0 Å². The molecule has 1 N–H and O–H groups in total. The van der Waals surface area contributed by atoms with Crippen LogP contribution in [0.15, 0.2) is 30.3 Å². The molecule has 0 aromatic heterocycles. The van der Waals surface area contributed by atoms with Gasteiger partial charge in [-0.05, 0) is 33.3 Å². The van der Waals surface area contributed by atoms with Crippen LogP contribution < -0.4 is 5.32 Å². The van der Waals surface area contributed by atoms with Crippen molar-refractivity contribution in [3.8, 4) is 0 Å². The van der Waals surface area contributed by atoms with Gasteiger partial charge in [-0.1, -0.05) is 30.3 Å². The van der Waals surface area contributed by atoms with E-state index in [0.717, 1.165) is 6.54 Å². The van der Waals surface area contributed by atoms with Gasteiger partial charge in [-0.2, -0.15) is 0 Å². The smallest absolute Gasteiger partial charge is 0.410 e. The summed E-state index contributed by atoms with van der Waals surface area (Å²) in [7, 11) is 1.75. The number of ether oxygens (including phenoxy) is 1. The Labute approximate surface area is 122 Å². The molecule has 1 amide bonds. The first-order chi connectivity index (χ1) is 9.29. The molecule has 0 heterocycles. The van der Waals surface area contributed by atoms with Crippen molar-refractivity contribution in [2.24, 2.45) is 0 Å². The van der Waals surface area contributed by atoms with Gasteiger partial charge < -0.3 is 15.0 Å². The van der Waals surface area contributed by atoms with Crippen molar-refractivity contribution in [3.05, 3.63) is 35.9 Å². The van der Waals surface area contributed by atoms with Crippen molar-refractivity contribution in [3.63, 3.8) is 0 Å². The second kappa shape index (κ2) is 7.29.